The van der Waals surface area contributed by atoms with Gasteiger partial charge in [0.15, 0.2) is 0 Å². The van der Waals surface area contributed by atoms with Gasteiger partial charge >= 0.3 is 0 Å². The number of carbonyl (C=O) groups excluding carboxylic acids is 3. The van der Waals surface area contributed by atoms with Crippen LogP contribution in [0.1, 0.15) is 32.5 Å². The molecular weight excluding hydrogens is 362 g/mol. The number of hydrogen-bond donors (Lipinski definition) is 0. The van der Waals surface area contributed by atoms with Crippen molar-refractivity contribution in [1.29, 1.82) is 0 Å². The van der Waals surface area contributed by atoms with E-state index in [-0.39, 0.29) is 12.5 Å². The zero-order valence-electron chi connectivity index (χ0n) is 15.6. The molecule has 0 atom stereocenters. The molecule has 2 aromatic rings. The summed E-state index contributed by atoms with van der Waals surface area (Å²) in [6.45, 7) is 4.89. The zero-order chi connectivity index (χ0) is 19.7. The summed E-state index contributed by atoms with van der Waals surface area (Å²) < 4.78 is 5.37. The lowest BCUT2D eigenvalue weighted by molar-refractivity contribution is -0.133. The molecule has 1 saturated heterocycles. The van der Waals surface area contributed by atoms with Gasteiger partial charge in [0, 0.05) is 46.1 Å². The van der Waals surface area contributed by atoms with Crippen LogP contribution in [0.4, 0.5) is 0 Å². The lowest BCUT2D eigenvalue weighted by Gasteiger charge is -2.35. The van der Waals surface area contributed by atoms with Gasteiger partial charge in [-0.15, -0.1) is 10.2 Å². The minimum absolute atomic E-state index is 0.207. The average Bonchev–Trinajstić information content (AvgIpc) is 3.24. The Bertz CT molecular complexity index is 882. The molecule has 2 aliphatic rings. The van der Waals surface area contributed by atoms with Crippen molar-refractivity contribution in [3.8, 4) is 0 Å². The molecule has 3 heterocycles. The molecule has 0 aliphatic carbocycles. The van der Waals surface area contributed by atoms with Gasteiger partial charge in [-0.25, -0.2) is 0 Å². The van der Waals surface area contributed by atoms with Crippen molar-refractivity contribution in [2.75, 3.05) is 39.3 Å². The van der Waals surface area contributed by atoms with Crippen LogP contribution in [0.5, 0.6) is 0 Å². The maximum Gasteiger partial charge on any atom is 0.262 e. The summed E-state index contributed by atoms with van der Waals surface area (Å²) in [5, 5.41) is 7.80. The molecular formula is C19H21N5O4. The predicted octanol–water partition coefficient (Wildman–Crippen LogP) is 0.361. The standard InChI is InChI=1S/C19H21N5O4/c1-13-20-21-16(28-13)6-7-22-8-10-23(11-9-22)17(25)12-24-18(26)14-4-2-3-5-15(14)19(24)27/h2-5H,6-12H2,1H3. The van der Waals surface area contributed by atoms with E-state index in [1.54, 1.807) is 36.1 Å². The van der Waals surface area contributed by atoms with Crippen molar-refractivity contribution in [3.63, 3.8) is 0 Å². The fourth-order valence-corrected chi connectivity index (χ4v) is 3.53. The van der Waals surface area contributed by atoms with E-state index in [1.807, 2.05) is 0 Å². The van der Waals surface area contributed by atoms with E-state index in [0.29, 0.717) is 42.4 Å². The fraction of sp³-hybridized carbons (Fsp3) is 0.421. The van der Waals surface area contributed by atoms with Gasteiger partial charge < -0.3 is 9.32 Å². The van der Waals surface area contributed by atoms with E-state index < -0.39 is 11.8 Å². The first-order valence-corrected chi connectivity index (χ1v) is 9.27. The number of rotatable bonds is 5. The minimum atomic E-state index is -0.401. The lowest BCUT2D eigenvalue weighted by Crippen LogP contribution is -2.52. The van der Waals surface area contributed by atoms with E-state index in [1.165, 1.54) is 0 Å². The number of carbonyl (C=O) groups is 3. The predicted molar refractivity (Wildman–Crippen MR) is 97.6 cm³/mol. The third-order valence-electron chi connectivity index (χ3n) is 5.11. The molecule has 1 fully saturated rings. The normalized spacial score (nSPS) is 17.3. The Morgan fingerprint density at radius 2 is 1.68 bits per heavy atom. The van der Waals surface area contributed by atoms with E-state index in [2.05, 4.69) is 15.1 Å². The van der Waals surface area contributed by atoms with Gasteiger partial charge in [0.05, 0.1) is 11.1 Å². The van der Waals surface area contributed by atoms with E-state index in [4.69, 9.17) is 4.42 Å². The number of nitrogens with zero attached hydrogens (tertiary/aromatic N) is 5. The number of aryl methyl sites for hydroxylation is 1. The quantitative estimate of drug-likeness (QED) is 0.687. The Hall–Kier alpha value is -3.07. The van der Waals surface area contributed by atoms with Crippen LogP contribution >= 0.6 is 0 Å². The maximum absolute atomic E-state index is 12.6. The third-order valence-corrected chi connectivity index (χ3v) is 5.11. The molecule has 9 nitrogen and oxygen atoms in total. The van der Waals surface area contributed by atoms with Gasteiger partial charge in [-0.05, 0) is 12.1 Å². The molecule has 2 aliphatic heterocycles. The molecule has 0 spiro atoms. The monoisotopic (exact) mass is 383 g/mol. The van der Waals surface area contributed by atoms with Crippen LogP contribution in [0.2, 0.25) is 0 Å². The molecule has 0 saturated carbocycles. The van der Waals surface area contributed by atoms with Crippen LogP contribution in [0.3, 0.4) is 0 Å². The van der Waals surface area contributed by atoms with E-state index >= 15 is 0 Å². The van der Waals surface area contributed by atoms with Crippen molar-refractivity contribution in [3.05, 3.63) is 47.2 Å². The smallest absolute Gasteiger partial charge is 0.262 e. The number of hydrogen-bond acceptors (Lipinski definition) is 7. The van der Waals surface area contributed by atoms with Crippen molar-refractivity contribution < 1.29 is 18.8 Å². The second-order valence-electron chi connectivity index (χ2n) is 6.93. The van der Waals surface area contributed by atoms with Crippen molar-refractivity contribution >= 4 is 17.7 Å². The van der Waals surface area contributed by atoms with Gasteiger partial charge in [-0.3, -0.25) is 24.2 Å². The molecule has 0 radical (unpaired) electrons. The number of imide groups is 1. The summed E-state index contributed by atoms with van der Waals surface area (Å²) in [5.41, 5.74) is 0.725. The molecule has 9 heteroatoms. The molecule has 1 aromatic heterocycles. The molecule has 28 heavy (non-hydrogen) atoms. The van der Waals surface area contributed by atoms with E-state index in [0.717, 1.165) is 24.5 Å². The van der Waals surface area contributed by atoms with Gasteiger partial charge in [-0.1, -0.05) is 12.1 Å². The minimum Gasteiger partial charge on any atom is -0.426 e. The highest BCUT2D eigenvalue weighted by Gasteiger charge is 2.37. The summed E-state index contributed by atoms with van der Waals surface area (Å²) >= 11 is 0. The Morgan fingerprint density at radius 3 is 2.25 bits per heavy atom. The molecule has 146 valence electrons. The van der Waals surface area contributed by atoms with Crippen molar-refractivity contribution in [2.24, 2.45) is 0 Å². The van der Waals surface area contributed by atoms with E-state index in [9.17, 15) is 14.4 Å². The SMILES string of the molecule is Cc1nnc(CCN2CCN(C(=O)CN3C(=O)c4ccccc4C3=O)CC2)o1. The van der Waals surface area contributed by atoms with Crippen molar-refractivity contribution in [2.45, 2.75) is 13.3 Å². The second-order valence-corrected chi connectivity index (χ2v) is 6.93. The van der Waals surface area contributed by atoms with Crippen LogP contribution in [0.15, 0.2) is 28.7 Å². The lowest BCUT2D eigenvalue weighted by atomic mass is 10.1. The summed E-state index contributed by atoms with van der Waals surface area (Å²) in [5.74, 6) is 0.159. The molecule has 4 rings (SSSR count). The number of fused-ring (bicyclic) bond motifs is 1. The Kier molecular flexibility index (Phi) is 4.91. The van der Waals surface area contributed by atoms with Crippen LogP contribution < -0.4 is 0 Å². The number of benzene rings is 1. The largest absolute Gasteiger partial charge is 0.426 e. The third kappa shape index (κ3) is 3.53. The van der Waals surface area contributed by atoms with Crippen molar-refractivity contribution in [1.82, 2.24) is 24.9 Å². The first-order chi connectivity index (χ1) is 13.5. The number of aromatic nitrogens is 2. The van der Waals surface area contributed by atoms with Gasteiger partial charge in [-0.2, -0.15) is 0 Å². The van der Waals surface area contributed by atoms with Crippen LogP contribution in [0.25, 0.3) is 0 Å². The topological polar surface area (TPSA) is 99.9 Å². The van der Waals surface area contributed by atoms with Crippen LogP contribution in [0, 0.1) is 6.92 Å². The highest BCUT2D eigenvalue weighted by atomic mass is 16.4. The van der Waals surface area contributed by atoms with Crippen LogP contribution in [-0.4, -0.2) is 81.9 Å². The number of amides is 3. The Morgan fingerprint density at radius 1 is 1.04 bits per heavy atom. The summed E-state index contributed by atoms with van der Waals surface area (Å²) in [4.78, 5) is 42.4. The maximum atomic E-state index is 12.6. The molecule has 0 unspecified atom stereocenters. The molecule has 1 aromatic carbocycles. The molecule has 0 bridgehead atoms. The first kappa shape index (κ1) is 18.3. The highest BCUT2D eigenvalue weighted by Crippen LogP contribution is 2.22. The summed E-state index contributed by atoms with van der Waals surface area (Å²) in [7, 11) is 0. The first-order valence-electron chi connectivity index (χ1n) is 9.27. The average molecular weight is 383 g/mol. The fourth-order valence-electron chi connectivity index (χ4n) is 3.53. The molecule has 0 N–H and O–H groups in total. The molecule has 3 amide bonds. The Labute approximate surface area is 161 Å². The summed E-state index contributed by atoms with van der Waals surface area (Å²) in [6, 6.07) is 6.65. The number of piperazine rings is 1. The summed E-state index contributed by atoms with van der Waals surface area (Å²) in [6.07, 6.45) is 0.670. The van der Waals surface area contributed by atoms with Crippen LogP contribution in [-0.2, 0) is 11.2 Å². The van der Waals surface area contributed by atoms with Gasteiger partial charge in [0.2, 0.25) is 17.7 Å². The highest BCUT2D eigenvalue weighted by molar-refractivity contribution is 6.22. The van der Waals surface area contributed by atoms with Gasteiger partial charge in [0.1, 0.15) is 6.54 Å². The van der Waals surface area contributed by atoms with Gasteiger partial charge in [0.25, 0.3) is 11.8 Å². The second kappa shape index (κ2) is 7.51. The Balaban J connectivity index is 1.28. The zero-order valence-corrected chi connectivity index (χ0v) is 15.6.